The summed E-state index contributed by atoms with van der Waals surface area (Å²) < 4.78 is 0. The number of amides is 2. The number of halogens is 2. The van der Waals surface area contributed by atoms with Crippen molar-refractivity contribution in [3.63, 3.8) is 0 Å². The molecule has 0 aliphatic carbocycles. The molecule has 0 aliphatic heterocycles. The highest BCUT2D eigenvalue weighted by Gasteiger charge is 2.23. The fourth-order valence-corrected chi connectivity index (χ4v) is 2.40. The van der Waals surface area contributed by atoms with Crippen molar-refractivity contribution in [3.05, 3.63) is 33.8 Å². The van der Waals surface area contributed by atoms with Gasteiger partial charge in [0.1, 0.15) is 6.04 Å². The van der Waals surface area contributed by atoms with Crippen LogP contribution in [0.4, 0.5) is 0 Å². The van der Waals surface area contributed by atoms with Gasteiger partial charge in [-0.05, 0) is 36.5 Å². The summed E-state index contributed by atoms with van der Waals surface area (Å²) in [7, 11) is 0. The lowest BCUT2D eigenvalue weighted by atomic mass is 9.92. The number of carboxylic acid groups (broad SMARTS) is 1. The van der Waals surface area contributed by atoms with E-state index in [1.165, 1.54) is 18.2 Å². The summed E-state index contributed by atoms with van der Waals surface area (Å²) in [5.41, 5.74) is 0.287. The van der Waals surface area contributed by atoms with Crippen molar-refractivity contribution in [1.29, 1.82) is 0 Å². The van der Waals surface area contributed by atoms with Crippen molar-refractivity contribution in [3.8, 4) is 0 Å². The number of rotatable bonds is 8. The van der Waals surface area contributed by atoms with E-state index in [9.17, 15) is 14.4 Å². The van der Waals surface area contributed by atoms with Gasteiger partial charge in [0, 0.05) is 18.5 Å². The Labute approximate surface area is 163 Å². The molecule has 0 aliphatic rings. The van der Waals surface area contributed by atoms with Gasteiger partial charge in [0.25, 0.3) is 5.91 Å². The van der Waals surface area contributed by atoms with Crippen LogP contribution in [0.1, 0.15) is 50.4 Å². The van der Waals surface area contributed by atoms with E-state index in [-0.39, 0.29) is 28.8 Å². The van der Waals surface area contributed by atoms with E-state index in [1.54, 1.807) is 0 Å². The first-order valence-corrected chi connectivity index (χ1v) is 9.00. The van der Waals surface area contributed by atoms with E-state index in [1.807, 2.05) is 20.8 Å². The monoisotopic (exact) mass is 402 g/mol. The molecule has 0 spiro atoms. The molecule has 0 aromatic heterocycles. The highest BCUT2D eigenvalue weighted by Crippen LogP contribution is 2.22. The lowest BCUT2D eigenvalue weighted by molar-refractivity contribution is -0.137. The minimum Gasteiger partial charge on any atom is -0.481 e. The summed E-state index contributed by atoms with van der Waals surface area (Å²) in [4.78, 5) is 35.6. The molecule has 1 atom stereocenters. The number of aliphatic carboxylic acids is 1. The first-order valence-electron chi connectivity index (χ1n) is 8.25. The Balaban J connectivity index is 2.77. The number of carbonyl (C=O) groups excluding carboxylic acids is 2. The third kappa shape index (κ3) is 8.06. The molecular formula is C18H24Cl2N2O4. The lowest BCUT2D eigenvalue weighted by Gasteiger charge is -2.21. The minimum atomic E-state index is -1.04. The quantitative estimate of drug-likeness (QED) is 0.619. The molecule has 26 heavy (non-hydrogen) atoms. The van der Waals surface area contributed by atoms with E-state index in [4.69, 9.17) is 28.3 Å². The summed E-state index contributed by atoms with van der Waals surface area (Å²) in [6, 6.07) is 3.41. The normalized spacial score (nSPS) is 12.3. The molecule has 6 nitrogen and oxygen atoms in total. The van der Waals surface area contributed by atoms with Gasteiger partial charge >= 0.3 is 5.97 Å². The lowest BCUT2D eigenvalue weighted by Crippen LogP contribution is -2.47. The van der Waals surface area contributed by atoms with Gasteiger partial charge in [0.05, 0.1) is 10.0 Å². The average Bonchev–Trinajstić information content (AvgIpc) is 2.52. The van der Waals surface area contributed by atoms with E-state index in [0.29, 0.717) is 11.6 Å². The van der Waals surface area contributed by atoms with Crippen LogP contribution >= 0.6 is 23.2 Å². The number of carboxylic acids is 1. The van der Waals surface area contributed by atoms with Crippen LogP contribution in [0, 0.1) is 5.41 Å². The van der Waals surface area contributed by atoms with E-state index < -0.39 is 23.8 Å². The Kier molecular flexibility index (Phi) is 8.37. The summed E-state index contributed by atoms with van der Waals surface area (Å²) in [5, 5.41) is 14.7. The van der Waals surface area contributed by atoms with Gasteiger partial charge in [-0.25, -0.2) is 0 Å². The van der Waals surface area contributed by atoms with Crippen LogP contribution in [-0.4, -0.2) is 35.5 Å². The van der Waals surface area contributed by atoms with Crippen molar-refractivity contribution < 1.29 is 19.5 Å². The first kappa shape index (κ1) is 22.3. The largest absolute Gasteiger partial charge is 0.481 e. The Bertz CT molecular complexity index is 672. The molecule has 0 fully saturated rings. The molecular weight excluding hydrogens is 379 g/mol. The van der Waals surface area contributed by atoms with Crippen LogP contribution in [0.3, 0.4) is 0 Å². The van der Waals surface area contributed by atoms with Gasteiger partial charge < -0.3 is 15.7 Å². The SMILES string of the molecule is CC(C)(C)CCNC(=O)[C@@H](CCC(=O)O)NC(=O)c1ccc(Cl)c(Cl)c1. The Hall–Kier alpha value is -1.79. The average molecular weight is 403 g/mol. The summed E-state index contributed by atoms with van der Waals surface area (Å²) >= 11 is 11.7. The number of benzene rings is 1. The topological polar surface area (TPSA) is 95.5 Å². The maximum Gasteiger partial charge on any atom is 0.303 e. The molecule has 0 saturated heterocycles. The zero-order chi connectivity index (χ0) is 19.9. The third-order valence-electron chi connectivity index (χ3n) is 3.62. The third-order valence-corrected chi connectivity index (χ3v) is 4.36. The molecule has 1 aromatic carbocycles. The molecule has 144 valence electrons. The molecule has 0 heterocycles. The van der Waals surface area contributed by atoms with Crippen LogP contribution in [0.5, 0.6) is 0 Å². The summed E-state index contributed by atoms with van der Waals surface area (Å²) in [5.74, 6) is -1.98. The predicted octanol–water partition coefficient (Wildman–Crippen LogP) is 3.51. The van der Waals surface area contributed by atoms with Crippen molar-refractivity contribution in [2.75, 3.05) is 6.54 Å². The highest BCUT2D eigenvalue weighted by molar-refractivity contribution is 6.42. The van der Waals surface area contributed by atoms with Gasteiger partial charge in [-0.3, -0.25) is 14.4 Å². The van der Waals surface area contributed by atoms with E-state index >= 15 is 0 Å². The Morgan fingerprint density at radius 2 is 1.81 bits per heavy atom. The van der Waals surface area contributed by atoms with Gasteiger partial charge in [0.2, 0.25) is 5.91 Å². The van der Waals surface area contributed by atoms with Crippen molar-refractivity contribution in [2.45, 2.75) is 46.1 Å². The van der Waals surface area contributed by atoms with Crippen LogP contribution < -0.4 is 10.6 Å². The molecule has 0 unspecified atom stereocenters. The van der Waals surface area contributed by atoms with Crippen LogP contribution in [0.15, 0.2) is 18.2 Å². The predicted molar refractivity (Wildman–Crippen MR) is 102 cm³/mol. The van der Waals surface area contributed by atoms with Crippen molar-refractivity contribution in [2.24, 2.45) is 5.41 Å². The Morgan fingerprint density at radius 3 is 2.35 bits per heavy atom. The fourth-order valence-electron chi connectivity index (χ4n) is 2.10. The molecule has 0 bridgehead atoms. The second kappa shape index (κ2) is 9.78. The molecule has 1 rings (SSSR count). The maximum absolute atomic E-state index is 12.4. The zero-order valence-corrected chi connectivity index (χ0v) is 16.6. The number of carbonyl (C=O) groups is 3. The molecule has 8 heteroatoms. The summed E-state index contributed by atoms with van der Waals surface area (Å²) in [6.45, 7) is 6.59. The highest BCUT2D eigenvalue weighted by atomic mass is 35.5. The molecule has 0 saturated carbocycles. The fraction of sp³-hybridized carbons (Fsp3) is 0.500. The van der Waals surface area contributed by atoms with Crippen LogP contribution in [-0.2, 0) is 9.59 Å². The van der Waals surface area contributed by atoms with Gasteiger partial charge in [-0.15, -0.1) is 0 Å². The van der Waals surface area contributed by atoms with Crippen LogP contribution in [0.25, 0.3) is 0 Å². The van der Waals surface area contributed by atoms with Gasteiger partial charge in [-0.1, -0.05) is 44.0 Å². The van der Waals surface area contributed by atoms with Crippen molar-refractivity contribution >= 4 is 41.0 Å². The van der Waals surface area contributed by atoms with Crippen LogP contribution in [0.2, 0.25) is 10.0 Å². The smallest absolute Gasteiger partial charge is 0.303 e. The van der Waals surface area contributed by atoms with Crippen molar-refractivity contribution in [1.82, 2.24) is 10.6 Å². The molecule has 0 radical (unpaired) electrons. The first-order chi connectivity index (χ1) is 12.0. The second-order valence-electron chi connectivity index (χ2n) is 7.19. The van der Waals surface area contributed by atoms with Gasteiger partial charge in [0.15, 0.2) is 0 Å². The molecule has 2 amide bonds. The Morgan fingerprint density at radius 1 is 1.15 bits per heavy atom. The van der Waals surface area contributed by atoms with Gasteiger partial charge in [-0.2, -0.15) is 0 Å². The number of nitrogens with one attached hydrogen (secondary N) is 2. The zero-order valence-electron chi connectivity index (χ0n) is 15.1. The summed E-state index contributed by atoms with van der Waals surface area (Å²) in [6.07, 6.45) is 0.508. The second-order valence-corrected chi connectivity index (χ2v) is 8.00. The molecule has 3 N–H and O–H groups in total. The number of hydrogen-bond donors (Lipinski definition) is 3. The number of hydrogen-bond acceptors (Lipinski definition) is 3. The standard InChI is InChI=1S/C18H24Cl2N2O4/c1-18(2,3)8-9-21-17(26)14(6-7-15(23)24)22-16(25)11-4-5-12(19)13(20)10-11/h4-5,10,14H,6-9H2,1-3H3,(H,21,26)(H,22,25)(H,23,24)/t14-/m1/s1. The minimum absolute atomic E-state index is 0.0102. The van der Waals surface area contributed by atoms with E-state index in [0.717, 1.165) is 6.42 Å². The molecule has 1 aromatic rings. The van der Waals surface area contributed by atoms with E-state index in [2.05, 4.69) is 10.6 Å². The maximum atomic E-state index is 12.4.